The van der Waals surface area contributed by atoms with Crippen molar-refractivity contribution in [2.24, 2.45) is 11.8 Å². The SMILES string of the molecule is CC(C)CC(=O)c1c(O)cc(O)cc1OCc1nonc1-c1ccccc1.CCC(=O)Oc1cc(O)cc(O)c1C(=O)CC(C)C. The standard InChI is InChI=1S/C20H20N2O5.C14H18O5/c1-12(2)8-16(24)19-17(25)9-14(23)10-18(19)26-11-15-20(22-27-21-15)13-6-4-3-5-7-13;1-4-13(18)19-12-7-9(15)6-11(17)14(12)10(16)5-8(2)3/h3-7,9-10,12,23,25H,8,11H2,1-2H3;6-8,15,17H,4-5H2,1-3H3. The van der Waals surface area contributed by atoms with Gasteiger partial charge in [0.05, 0.1) is 0 Å². The van der Waals surface area contributed by atoms with E-state index < -0.39 is 5.97 Å². The highest BCUT2D eigenvalue weighted by atomic mass is 16.6. The predicted octanol–water partition coefficient (Wildman–Crippen LogP) is 6.60. The van der Waals surface area contributed by atoms with Gasteiger partial charge in [0.15, 0.2) is 11.6 Å². The van der Waals surface area contributed by atoms with Gasteiger partial charge in [0, 0.05) is 49.1 Å². The van der Waals surface area contributed by atoms with E-state index in [-0.39, 0.29) is 94.9 Å². The zero-order valence-corrected chi connectivity index (χ0v) is 26.3. The maximum Gasteiger partial charge on any atom is 0.310 e. The van der Waals surface area contributed by atoms with E-state index in [0.717, 1.165) is 23.8 Å². The molecule has 0 bridgehead atoms. The molecule has 46 heavy (non-hydrogen) atoms. The van der Waals surface area contributed by atoms with Gasteiger partial charge in [-0.15, -0.1) is 0 Å². The summed E-state index contributed by atoms with van der Waals surface area (Å²) in [6, 6.07) is 14.0. The van der Waals surface area contributed by atoms with E-state index in [4.69, 9.17) is 14.1 Å². The molecule has 0 amide bonds. The molecule has 0 unspecified atom stereocenters. The van der Waals surface area contributed by atoms with Gasteiger partial charge in [-0.05, 0) is 17.0 Å². The molecule has 0 aliphatic carbocycles. The Morgan fingerprint density at radius 2 is 1.28 bits per heavy atom. The number of hydrogen-bond acceptors (Lipinski definition) is 12. The third-order valence-corrected chi connectivity index (χ3v) is 6.36. The maximum atomic E-state index is 12.5. The van der Waals surface area contributed by atoms with Crippen LogP contribution in [0.3, 0.4) is 0 Å². The van der Waals surface area contributed by atoms with Crippen molar-refractivity contribution < 1.29 is 48.9 Å². The van der Waals surface area contributed by atoms with Crippen LogP contribution in [0.2, 0.25) is 0 Å². The van der Waals surface area contributed by atoms with Crippen molar-refractivity contribution >= 4 is 17.5 Å². The molecule has 12 heteroatoms. The minimum atomic E-state index is -0.538. The summed E-state index contributed by atoms with van der Waals surface area (Å²) in [6.07, 6.45) is 0.596. The van der Waals surface area contributed by atoms with Crippen LogP contribution in [0.4, 0.5) is 0 Å². The van der Waals surface area contributed by atoms with Gasteiger partial charge in [-0.2, -0.15) is 0 Å². The van der Waals surface area contributed by atoms with Crippen molar-refractivity contribution in [1.29, 1.82) is 0 Å². The summed E-state index contributed by atoms with van der Waals surface area (Å²) >= 11 is 0. The summed E-state index contributed by atoms with van der Waals surface area (Å²) in [7, 11) is 0. The lowest BCUT2D eigenvalue weighted by Gasteiger charge is -2.13. The third-order valence-electron chi connectivity index (χ3n) is 6.36. The van der Waals surface area contributed by atoms with Crippen molar-refractivity contribution in [1.82, 2.24) is 10.3 Å². The number of rotatable bonds is 12. The van der Waals surface area contributed by atoms with E-state index >= 15 is 0 Å². The normalized spacial score (nSPS) is 10.8. The average Bonchev–Trinajstić information content (AvgIpc) is 3.44. The molecule has 1 aromatic heterocycles. The van der Waals surface area contributed by atoms with Crippen LogP contribution in [0.15, 0.2) is 59.2 Å². The molecular formula is C34H38N2O10. The molecule has 4 rings (SSSR count). The summed E-state index contributed by atoms with van der Waals surface area (Å²) in [4.78, 5) is 35.8. The zero-order valence-electron chi connectivity index (χ0n) is 26.3. The highest BCUT2D eigenvalue weighted by molar-refractivity contribution is 6.02. The number of aromatic nitrogens is 2. The first-order chi connectivity index (χ1) is 21.8. The van der Waals surface area contributed by atoms with Crippen LogP contribution in [0.25, 0.3) is 11.3 Å². The number of carbonyl (C=O) groups excluding carboxylic acids is 3. The number of phenolic OH excluding ortho intramolecular Hbond substituents is 4. The van der Waals surface area contributed by atoms with E-state index in [2.05, 4.69) is 10.3 Å². The molecule has 12 nitrogen and oxygen atoms in total. The number of nitrogens with zero attached hydrogens (tertiary/aromatic N) is 2. The number of carbonyl (C=O) groups is 3. The summed E-state index contributed by atoms with van der Waals surface area (Å²) in [5, 5.41) is 46.8. The highest BCUT2D eigenvalue weighted by Gasteiger charge is 2.23. The second kappa shape index (κ2) is 16.1. The van der Waals surface area contributed by atoms with Crippen molar-refractivity contribution in [3.05, 3.63) is 71.4 Å². The number of ketones is 2. The fraction of sp³-hybridized carbons (Fsp3) is 0.324. The van der Waals surface area contributed by atoms with Crippen LogP contribution in [-0.2, 0) is 11.4 Å². The monoisotopic (exact) mass is 634 g/mol. The van der Waals surface area contributed by atoms with Crippen LogP contribution >= 0.6 is 0 Å². The minimum Gasteiger partial charge on any atom is -0.508 e. The van der Waals surface area contributed by atoms with Crippen LogP contribution in [0, 0.1) is 11.8 Å². The second-order valence-electron chi connectivity index (χ2n) is 11.3. The Kier molecular flexibility index (Phi) is 12.3. The number of phenols is 4. The Labute approximate surface area is 266 Å². The Hall–Kier alpha value is -5.39. The lowest BCUT2D eigenvalue weighted by molar-refractivity contribution is -0.134. The quantitative estimate of drug-likeness (QED) is 0.0743. The Morgan fingerprint density at radius 1 is 0.761 bits per heavy atom. The largest absolute Gasteiger partial charge is 0.508 e. The van der Waals surface area contributed by atoms with Crippen molar-refractivity contribution in [2.75, 3.05) is 0 Å². The number of ether oxygens (including phenoxy) is 2. The van der Waals surface area contributed by atoms with Gasteiger partial charge < -0.3 is 29.9 Å². The molecule has 0 atom stereocenters. The van der Waals surface area contributed by atoms with E-state index in [1.165, 1.54) is 6.07 Å². The van der Waals surface area contributed by atoms with Gasteiger partial charge in [0.25, 0.3) is 0 Å². The Balaban J connectivity index is 0.000000268. The van der Waals surface area contributed by atoms with Crippen molar-refractivity contribution in [3.63, 3.8) is 0 Å². The third kappa shape index (κ3) is 9.55. The number of aromatic hydroxyl groups is 4. The molecule has 4 aromatic rings. The molecular weight excluding hydrogens is 596 g/mol. The Bertz CT molecular complexity index is 1660. The molecule has 3 aromatic carbocycles. The second-order valence-corrected chi connectivity index (χ2v) is 11.3. The number of hydrogen-bond donors (Lipinski definition) is 4. The lowest BCUT2D eigenvalue weighted by Crippen LogP contribution is -2.11. The van der Waals surface area contributed by atoms with Crippen molar-refractivity contribution in [2.45, 2.75) is 60.5 Å². The van der Waals surface area contributed by atoms with Gasteiger partial charge in [-0.25, -0.2) is 4.63 Å². The summed E-state index contributed by atoms with van der Waals surface area (Å²) in [5.74, 6) is -2.10. The fourth-order valence-electron chi connectivity index (χ4n) is 4.33. The number of esters is 1. The van der Waals surface area contributed by atoms with Gasteiger partial charge in [-0.3, -0.25) is 14.4 Å². The summed E-state index contributed by atoms with van der Waals surface area (Å²) in [5.41, 5.74) is 1.75. The van der Waals surface area contributed by atoms with E-state index in [0.29, 0.717) is 11.4 Å². The molecule has 0 saturated heterocycles. The Morgan fingerprint density at radius 3 is 1.80 bits per heavy atom. The summed E-state index contributed by atoms with van der Waals surface area (Å²) in [6.45, 7) is 9.12. The highest BCUT2D eigenvalue weighted by Crippen LogP contribution is 2.36. The van der Waals surface area contributed by atoms with E-state index in [1.54, 1.807) is 6.92 Å². The van der Waals surface area contributed by atoms with Crippen LogP contribution in [0.1, 0.15) is 80.3 Å². The molecule has 0 fully saturated rings. The maximum absolute atomic E-state index is 12.5. The average molecular weight is 635 g/mol. The first-order valence-electron chi connectivity index (χ1n) is 14.7. The molecule has 0 aliphatic rings. The lowest BCUT2D eigenvalue weighted by atomic mass is 9.99. The molecule has 0 spiro atoms. The smallest absolute Gasteiger partial charge is 0.310 e. The molecule has 0 radical (unpaired) electrons. The van der Waals surface area contributed by atoms with Gasteiger partial charge in [0.1, 0.15) is 63.6 Å². The first-order valence-corrected chi connectivity index (χ1v) is 14.7. The van der Waals surface area contributed by atoms with E-state index in [1.807, 2.05) is 58.0 Å². The molecule has 244 valence electrons. The molecule has 4 N–H and O–H groups in total. The molecule has 0 saturated carbocycles. The fourth-order valence-corrected chi connectivity index (χ4v) is 4.33. The summed E-state index contributed by atoms with van der Waals surface area (Å²) < 4.78 is 15.5. The van der Waals surface area contributed by atoms with Crippen molar-refractivity contribution in [3.8, 4) is 45.8 Å². The number of Topliss-reactive ketones (excluding diaryl/α,β-unsaturated/α-hetero) is 2. The number of benzene rings is 3. The zero-order chi connectivity index (χ0) is 34.0. The predicted molar refractivity (Wildman–Crippen MR) is 167 cm³/mol. The molecule has 1 heterocycles. The topological polar surface area (TPSA) is 190 Å². The van der Waals surface area contributed by atoms with Crippen LogP contribution < -0.4 is 9.47 Å². The van der Waals surface area contributed by atoms with Crippen LogP contribution in [0.5, 0.6) is 34.5 Å². The minimum absolute atomic E-state index is 0.0409. The van der Waals surface area contributed by atoms with E-state index in [9.17, 15) is 34.8 Å². The van der Waals surface area contributed by atoms with Gasteiger partial charge in [-0.1, -0.05) is 70.1 Å². The first kappa shape index (κ1) is 35.1. The van der Waals surface area contributed by atoms with Gasteiger partial charge >= 0.3 is 5.97 Å². The van der Waals surface area contributed by atoms with Crippen LogP contribution in [-0.4, -0.2) is 48.3 Å². The van der Waals surface area contributed by atoms with Gasteiger partial charge in [0.2, 0.25) is 0 Å². The molecule has 0 aliphatic heterocycles.